The molecule has 1 aliphatic rings. The van der Waals surface area contributed by atoms with Gasteiger partial charge in [-0.25, -0.2) is 4.79 Å². The number of benzene rings is 1. The Morgan fingerprint density at radius 2 is 2.00 bits per heavy atom. The van der Waals surface area contributed by atoms with Crippen molar-refractivity contribution in [2.24, 2.45) is 0 Å². The molecule has 7 nitrogen and oxygen atoms in total. The van der Waals surface area contributed by atoms with Crippen molar-refractivity contribution in [2.45, 2.75) is 39.4 Å². The first-order chi connectivity index (χ1) is 11.8. The molecule has 0 unspecified atom stereocenters. The normalized spacial score (nSPS) is 16.6. The zero-order valence-electron chi connectivity index (χ0n) is 14.7. The molecule has 2 rings (SSSR count). The minimum absolute atomic E-state index is 0.0382. The molecule has 1 aliphatic heterocycles. The summed E-state index contributed by atoms with van der Waals surface area (Å²) in [6, 6.07) is 0. The lowest BCUT2D eigenvalue weighted by molar-refractivity contribution is -0.136. The first kappa shape index (κ1) is 18.8. The first-order valence-electron chi connectivity index (χ1n) is 7.85. The molecule has 1 aromatic carbocycles. The van der Waals surface area contributed by atoms with E-state index in [1.54, 1.807) is 6.92 Å². The van der Waals surface area contributed by atoms with Crippen molar-refractivity contribution < 1.29 is 34.0 Å². The predicted octanol–water partition coefficient (Wildman–Crippen LogP) is 2.88. The summed E-state index contributed by atoms with van der Waals surface area (Å²) in [5.74, 6) is -1.24. The molecule has 0 saturated carbocycles. The van der Waals surface area contributed by atoms with Crippen molar-refractivity contribution in [2.75, 3.05) is 14.2 Å². The smallest absolute Gasteiger partial charge is 0.345 e. The highest BCUT2D eigenvalue weighted by molar-refractivity contribution is 5.98. The third-order valence-electron chi connectivity index (χ3n) is 4.27. The van der Waals surface area contributed by atoms with Crippen LogP contribution in [0.3, 0.4) is 0 Å². The number of methoxy groups -OCH3 is 2. The Morgan fingerprint density at radius 3 is 2.56 bits per heavy atom. The van der Waals surface area contributed by atoms with E-state index in [9.17, 15) is 14.7 Å². The maximum absolute atomic E-state index is 12.1. The van der Waals surface area contributed by atoms with Crippen LogP contribution in [0.4, 0.5) is 0 Å². The van der Waals surface area contributed by atoms with Gasteiger partial charge in [-0.05, 0) is 26.7 Å². The quantitative estimate of drug-likeness (QED) is 0.576. The molecular formula is C18H22O7. The number of aromatic hydroxyl groups is 1. The van der Waals surface area contributed by atoms with Crippen molar-refractivity contribution in [3.8, 4) is 11.5 Å². The standard InChI is InChI=1S/C18H22O7/c1-9(6-8-12(19)20)5-7-11-15(21)14-13(10(2)16(11)23-3)18(24-4)25-17(14)22/h5,18,21H,6-8H2,1-4H3,(H,19,20)/t18-/m0/s1. The van der Waals surface area contributed by atoms with Gasteiger partial charge in [0, 0.05) is 30.2 Å². The second-order valence-corrected chi connectivity index (χ2v) is 5.90. The van der Waals surface area contributed by atoms with Gasteiger partial charge in [0.05, 0.1) is 7.11 Å². The largest absolute Gasteiger partial charge is 0.507 e. The summed E-state index contributed by atoms with van der Waals surface area (Å²) in [6.07, 6.45) is 1.70. The van der Waals surface area contributed by atoms with Crippen molar-refractivity contribution in [1.29, 1.82) is 0 Å². The van der Waals surface area contributed by atoms with E-state index in [1.165, 1.54) is 14.2 Å². The van der Waals surface area contributed by atoms with Crippen LogP contribution in [-0.4, -0.2) is 36.4 Å². The topological polar surface area (TPSA) is 102 Å². The van der Waals surface area contributed by atoms with E-state index >= 15 is 0 Å². The van der Waals surface area contributed by atoms with E-state index in [0.717, 1.165) is 5.57 Å². The number of fused-ring (bicyclic) bond motifs is 1. The highest BCUT2D eigenvalue weighted by Gasteiger charge is 2.38. The maximum atomic E-state index is 12.1. The molecule has 0 spiro atoms. The van der Waals surface area contributed by atoms with Crippen LogP contribution in [-0.2, 0) is 20.7 Å². The third kappa shape index (κ3) is 3.61. The fourth-order valence-electron chi connectivity index (χ4n) is 2.95. The van der Waals surface area contributed by atoms with E-state index in [4.69, 9.17) is 19.3 Å². The summed E-state index contributed by atoms with van der Waals surface area (Å²) in [5, 5.41) is 19.3. The molecule has 0 bridgehead atoms. The van der Waals surface area contributed by atoms with Crippen molar-refractivity contribution in [3.63, 3.8) is 0 Å². The van der Waals surface area contributed by atoms with Crippen LogP contribution in [0, 0.1) is 6.92 Å². The Labute approximate surface area is 145 Å². The molecule has 0 amide bonds. The van der Waals surface area contributed by atoms with Gasteiger partial charge in [0.2, 0.25) is 6.29 Å². The average molecular weight is 350 g/mol. The van der Waals surface area contributed by atoms with Crippen molar-refractivity contribution in [1.82, 2.24) is 0 Å². The number of allylic oxidation sites excluding steroid dienone is 2. The van der Waals surface area contributed by atoms with E-state index in [-0.39, 0.29) is 17.7 Å². The van der Waals surface area contributed by atoms with Gasteiger partial charge in [-0.15, -0.1) is 0 Å². The first-order valence-corrected chi connectivity index (χ1v) is 7.85. The molecule has 0 fully saturated rings. The molecular weight excluding hydrogens is 328 g/mol. The lowest BCUT2D eigenvalue weighted by atomic mass is 9.94. The maximum Gasteiger partial charge on any atom is 0.345 e. The summed E-state index contributed by atoms with van der Waals surface area (Å²) < 4.78 is 15.7. The second kappa shape index (κ2) is 7.57. The molecule has 1 aromatic rings. The van der Waals surface area contributed by atoms with Gasteiger partial charge < -0.3 is 24.4 Å². The summed E-state index contributed by atoms with van der Waals surface area (Å²) in [5.41, 5.74) is 2.56. The van der Waals surface area contributed by atoms with E-state index in [0.29, 0.717) is 35.3 Å². The van der Waals surface area contributed by atoms with Gasteiger partial charge in [-0.2, -0.15) is 0 Å². The fraction of sp³-hybridized carbons (Fsp3) is 0.444. The second-order valence-electron chi connectivity index (χ2n) is 5.90. The Hall–Kier alpha value is -2.54. The van der Waals surface area contributed by atoms with Gasteiger partial charge in [0.15, 0.2) is 0 Å². The van der Waals surface area contributed by atoms with Gasteiger partial charge >= 0.3 is 11.9 Å². The summed E-state index contributed by atoms with van der Waals surface area (Å²) in [7, 11) is 2.90. The Kier molecular flexibility index (Phi) is 5.69. The van der Waals surface area contributed by atoms with Crippen LogP contribution in [0.25, 0.3) is 0 Å². The molecule has 136 valence electrons. The Morgan fingerprint density at radius 1 is 1.32 bits per heavy atom. The molecule has 0 aliphatic carbocycles. The number of phenolic OH excluding ortho intramolecular Hbond substituents is 1. The zero-order chi connectivity index (χ0) is 18.7. The number of carboxylic acids is 1. The number of aliphatic carboxylic acids is 1. The number of rotatable bonds is 7. The lowest BCUT2D eigenvalue weighted by Crippen LogP contribution is -2.05. The highest BCUT2D eigenvalue weighted by atomic mass is 16.7. The number of cyclic esters (lactones) is 1. The number of hydrogen-bond acceptors (Lipinski definition) is 6. The monoisotopic (exact) mass is 350 g/mol. The Bertz CT molecular complexity index is 734. The summed E-state index contributed by atoms with van der Waals surface area (Å²) in [4.78, 5) is 22.7. The molecule has 0 aromatic heterocycles. The van der Waals surface area contributed by atoms with Gasteiger partial charge in [0.25, 0.3) is 0 Å². The zero-order valence-corrected chi connectivity index (χ0v) is 14.7. The van der Waals surface area contributed by atoms with Crippen LogP contribution in [0.2, 0.25) is 0 Å². The van der Waals surface area contributed by atoms with Gasteiger partial charge in [-0.1, -0.05) is 11.6 Å². The summed E-state index contributed by atoms with van der Waals surface area (Å²) in [6.45, 7) is 3.59. The molecule has 1 heterocycles. The number of carbonyl (C=O) groups excluding carboxylic acids is 1. The fourth-order valence-corrected chi connectivity index (χ4v) is 2.95. The van der Waals surface area contributed by atoms with Crippen molar-refractivity contribution in [3.05, 3.63) is 33.9 Å². The number of carbonyl (C=O) groups is 2. The lowest BCUT2D eigenvalue weighted by Gasteiger charge is -2.17. The molecule has 1 atom stereocenters. The van der Waals surface area contributed by atoms with Crippen LogP contribution < -0.4 is 4.74 Å². The summed E-state index contributed by atoms with van der Waals surface area (Å²) >= 11 is 0. The van der Waals surface area contributed by atoms with Gasteiger partial charge in [-0.3, -0.25) is 4.79 Å². The van der Waals surface area contributed by atoms with Crippen LogP contribution >= 0.6 is 0 Å². The minimum atomic E-state index is -0.871. The SMILES string of the molecule is COc1c(C)c2c(c(O)c1CC=C(C)CCC(=O)O)C(=O)O[C@@H]2OC. The van der Waals surface area contributed by atoms with Crippen LogP contribution in [0.15, 0.2) is 11.6 Å². The molecule has 0 saturated heterocycles. The molecule has 2 N–H and O–H groups in total. The van der Waals surface area contributed by atoms with E-state index in [1.807, 2.05) is 13.0 Å². The Balaban J connectivity index is 2.44. The molecule has 25 heavy (non-hydrogen) atoms. The molecule has 7 heteroatoms. The highest BCUT2D eigenvalue weighted by Crippen LogP contribution is 2.46. The number of ether oxygens (including phenoxy) is 3. The number of hydrogen-bond donors (Lipinski definition) is 2. The third-order valence-corrected chi connectivity index (χ3v) is 4.27. The number of esters is 1. The van der Waals surface area contributed by atoms with Gasteiger partial charge in [0.1, 0.15) is 17.1 Å². The van der Waals surface area contributed by atoms with E-state index in [2.05, 4.69) is 0 Å². The molecule has 0 radical (unpaired) electrons. The average Bonchev–Trinajstić information content (AvgIpc) is 2.91. The number of carboxylic acid groups (broad SMARTS) is 1. The van der Waals surface area contributed by atoms with Crippen LogP contribution in [0.1, 0.15) is 53.1 Å². The van der Waals surface area contributed by atoms with E-state index < -0.39 is 18.2 Å². The number of phenols is 1. The van der Waals surface area contributed by atoms with Crippen molar-refractivity contribution >= 4 is 11.9 Å². The minimum Gasteiger partial charge on any atom is -0.507 e. The predicted molar refractivity (Wildman–Crippen MR) is 88.9 cm³/mol. The van der Waals surface area contributed by atoms with Crippen LogP contribution in [0.5, 0.6) is 11.5 Å².